The molecule has 1 aromatic rings. The third-order valence-corrected chi connectivity index (χ3v) is 6.82. The van der Waals surface area contributed by atoms with E-state index < -0.39 is 8.24 Å². The first-order chi connectivity index (χ1) is 10.6. The summed E-state index contributed by atoms with van der Waals surface area (Å²) in [5.74, 6) is 1.21. The molecule has 1 fully saturated rings. The molecule has 3 atom stereocenters. The van der Waals surface area contributed by atoms with Crippen LogP contribution in [0.5, 0.6) is 0 Å². The first kappa shape index (κ1) is 18.3. The van der Waals surface area contributed by atoms with Gasteiger partial charge in [-0.25, -0.2) is 0 Å². The van der Waals surface area contributed by atoms with Crippen LogP contribution in [0.2, 0.25) is 19.6 Å². The Labute approximate surface area is 141 Å². The predicted octanol–water partition coefficient (Wildman–Crippen LogP) is 4.12. The van der Waals surface area contributed by atoms with Gasteiger partial charge in [-0.1, -0.05) is 19.6 Å². The molecule has 1 aliphatic rings. The summed E-state index contributed by atoms with van der Waals surface area (Å²) in [4.78, 5) is 15.4. The first-order valence-corrected chi connectivity index (χ1v) is 12.2. The SMILES string of the molecule is CC(C)N(C(C)C)[C@@H](C)[C@H]1C(=O)N([Si](C)(C)C)[C@H]1c1ccco1. The van der Waals surface area contributed by atoms with Crippen molar-refractivity contribution in [1.29, 1.82) is 0 Å². The monoisotopic (exact) mass is 336 g/mol. The molecule has 1 aromatic heterocycles. The molecule has 23 heavy (non-hydrogen) atoms. The number of furan rings is 1. The van der Waals surface area contributed by atoms with Gasteiger partial charge in [0.2, 0.25) is 5.91 Å². The molecule has 1 amide bonds. The molecule has 0 aromatic carbocycles. The third kappa shape index (κ3) is 3.26. The topological polar surface area (TPSA) is 36.7 Å². The number of carbonyl (C=O) groups is 1. The van der Waals surface area contributed by atoms with Crippen LogP contribution in [0.25, 0.3) is 0 Å². The van der Waals surface area contributed by atoms with Crippen molar-refractivity contribution in [2.24, 2.45) is 5.92 Å². The van der Waals surface area contributed by atoms with E-state index >= 15 is 0 Å². The zero-order valence-corrected chi connectivity index (χ0v) is 16.8. The summed E-state index contributed by atoms with van der Waals surface area (Å²) < 4.78 is 7.82. The van der Waals surface area contributed by atoms with Crippen molar-refractivity contribution < 1.29 is 9.21 Å². The van der Waals surface area contributed by atoms with Crippen molar-refractivity contribution in [2.45, 2.75) is 78.4 Å². The van der Waals surface area contributed by atoms with E-state index in [0.29, 0.717) is 18.0 Å². The van der Waals surface area contributed by atoms with E-state index in [4.69, 9.17) is 4.42 Å². The fourth-order valence-electron chi connectivity index (χ4n) is 4.22. The molecule has 4 nitrogen and oxygen atoms in total. The second-order valence-corrected chi connectivity index (χ2v) is 13.1. The van der Waals surface area contributed by atoms with Gasteiger partial charge >= 0.3 is 0 Å². The maximum atomic E-state index is 13.0. The van der Waals surface area contributed by atoms with Crippen LogP contribution in [0.15, 0.2) is 22.8 Å². The zero-order chi connectivity index (χ0) is 17.5. The summed E-state index contributed by atoms with van der Waals surface area (Å²) in [7, 11) is -1.73. The van der Waals surface area contributed by atoms with Gasteiger partial charge < -0.3 is 8.98 Å². The summed E-state index contributed by atoms with van der Waals surface area (Å²) in [6, 6.07) is 5.04. The van der Waals surface area contributed by atoms with E-state index in [1.54, 1.807) is 6.26 Å². The smallest absolute Gasteiger partial charge is 0.222 e. The Balaban J connectivity index is 2.35. The van der Waals surface area contributed by atoms with Gasteiger partial charge in [0.15, 0.2) is 8.24 Å². The summed E-state index contributed by atoms with van der Waals surface area (Å²) in [6.45, 7) is 17.7. The maximum absolute atomic E-state index is 13.0. The minimum atomic E-state index is -1.73. The van der Waals surface area contributed by atoms with Crippen molar-refractivity contribution in [3.8, 4) is 0 Å². The molecule has 1 aliphatic heterocycles. The van der Waals surface area contributed by atoms with Crippen LogP contribution < -0.4 is 0 Å². The Hall–Kier alpha value is -1.07. The predicted molar refractivity (Wildman–Crippen MR) is 96.7 cm³/mol. The molecule has 0 unspecified atom stereocenters. The number of carbonyl (C=O) groups excluding carboxylic acids is 1. The lowest BCUT2D eigenvalue weighted by Crippen LogP contribution is -2.69. The van der Waals surface area contributed by atoms with Gasteiger partial charge in [-0.3, -0.25) is 9.69 Å². The molecular weight excluding hydrogens is 304 g/mol. The average molecular weight is 337 g/mol. The van der Waals surface area contributed by atoms with Crippen LogP contribution in [0.1, 0.15) is 46.4 Å². The molecule has 0 spiro atoms. The average Bonchev–Trinajstić information content (AvgIpc) is 2.85. The van der Waals surface area contributed by atoms with Crippen LogP contribution in [0.3, 0.4) is 0 Å². The minimum absolute atomic E-state index is 0.0160. The van der Waals surface area contributed by atoms with Crippen molar-refractivity contribution in [3.05, 3.63) is 24.2 Å². The highest BCUT2D eigenvalue weighted by Gasteiger charge is 2.56. The van der Waals surface area contributed by atoms with Crippen LogP contribution in [0, 0.1) is 5.92 Å². The lowest BCUT2D eigenvalue weighted by molar-refractivity contribution is -0.155. The van der Waals surface area contributed by atoms with E-state index in [0.717, 1.165) is 5.76 Å². The Morgan fingerprint density at radius 3 is 2.09 bits per heavy atom. The molecule has 5 heteroatoms. The largest absolute Gasteiger partial charge is 0.467 e. The highest BCUT2D eigenvalue weighted by Crippen LogP contribution is 2.46. The highest BCUT2D eigenvalue weighted by molar-refractivity contribution is 6.76. The molecule has 0 aliphatic carbocycles. The third-order valence-electron chi connectivity index (χ3n) is 4.88. The molecule has 0 N–H and O–H groups in total. The van der Waals surface area contributed by atoms with E-state index in [2.05, 4.69) is 63.7 Å². The Bertz CT molecular complexity index is 526. The first-order valence-electron chi connectivity index (χ1n) is 8.71. The molecular formula is C18H32N2O2Si. The summed E-state index contributed by atoms with van der Waals surface area (Å²) in [5, 5.41) is 0. The summed E-state index contributed by atoms with van der Waals surface area (Å²) >= 11 is 0. The molecule has 2 heterocycles. The van der Waals surface area contributed by atoms with E-state index in [-0.39, 0.29) is 18.0 Å². The number of amides is 1. The molecule has 130 valence electrons. The minimum Gasteiger partial charge on any atom is -0.467 e. The van der Waals surface area contributed by atoms with Crippen molar-refractivity contribution in [2.75, 3.05) is 0 Å². The van der Waals surface area contributed by atoms with Crippen molar-refractivity contribution in [1.82, 2.24) is 9.47 Å². The normalized spacial score (nSPS) is 23.8. The van der Waals surface area contributed by atoms with E-state index in [9.17, 15) is 4.79 Å². The van der Waals surface area contributed by atoms with Crippen LogP contribution in [-0.2, 0) is 4.79 Å². The number of β-lactam (4-membered cyclic amide) rings is 1. The maximum Gasteiger partial charge on any atom is 0.222 e. The second-order valence-electron chi connectivity index (χ2n) is 8.24. The van der Waals surface area contributed by atoms with Gasteiger partial charge in [0.25, 0.3) is 0 Å². The molecule has 0 saturated carbocycles. The quantitative estimate of drug-likeness (QED) is 0.579. The van der Waals surface area contributed by atoms with Gasteiger partial charge in [-0.15, -0.1) is 0 Å². The summed E-state index contributed by atoms with van der Waals surface area (Å²) in [6.07, 6.45) is 1.71. The van der Waals surface area contributed by atoms with Crippen LogP contribution in [0.4, 0.5) is 0 Å². The zero-order valence-electron chi connectivity index (χ0n) is 15.8. The Morgan fingerprint density at radius 2 is 1.70 bits per heavy atom. The number of hydrogen-bond acceptors (Lipinski definition) is 3. The summed E-state index contributed by atoms with van der Waals surface area (Å²) in [5.41, 5.74) is 0. The molecule has 0 radical (unpaired) electrons. The van der Waals surface area contributed by atoms with Crippen molar-refractivity contribution >= 4 is 14.1 Å². The van der Waals surface area contributed by atoms with E-state index in [1.807, 2.05) is 12.1 Å². The number of hydrogen-bond donors (Lipinski definition) is 0. The van der Waals surface area contributed by atoms with Crippen LogP contribution >= 0.6 is 0 Å². The lowest BCUT2D eigenvalue weighted by Gasteiger charge is -2.56. The van der Waals surface area contributed by atoms with Crippen molar-refractivity contribution in [3.63, 3.8) is 0 Å². The second kappa shape index (κ2) is 6.44. The van der Waals surface area contributed by atoms with E-state index in [1.165, 1.54) is 0 Å². The molecule has 1 saturated heterocycles. The van der Waals surface area contributed by atoms with Gasteiger partial charge in [0, 0.05) is 18.1 Å². The van der Waals surface area contributed by atoms with Gasteiger partial charge in [-0.05, 0) is 46.8 Å². The lowest BCUT2D eigenvalue weighted by atomic mass is 9.81. The standard InChI is InChI=1S/C18H32N2O2Si/c1-12(2)19(13(3)4)14(5)16-17(15-10-9-11-22-15)20(18(16)21)23(6,7)8/h9-14,16-17H,1-8H3/t14-,16+,17-/m0/s1. The molecule has 2 rings (SSSR count). The Morgan fingerprint density at radius 1 is 1.13 bits per heavy atom. The number of rotatable bonds is 6. The van der Waals surface area contributed by atoms with Gasteiger partial charge in [0.1, 0.15) is 5.76 Å². The highest BCUT2D eigenvalue weighted by atomic mass is 28.3. The van der Waals surface area contributed by atoms with Gasteiger partial charge in [-0.2, -0.15) is 0 Å². The number of nitrogens with zero attached hydrogens (tertiary/aromatic N) is 2. The Kier molecular flexibility index (Phi) is 5.11. The fraction of sp³-hybridized carbons (Fsp3) is 0.722. The van der Waals surface area contributed by atoms with Gasteiger partial charge in [0.05, 0.1) is 18.2 Å². The fourth-order valence-corrected chi connectivity index (χ4v) is 6.15. The molecule has 0 bridgehead atoms. The van der Waals surface area contributed by atoms with Crippen LogP contribution in [-0.4, -0.2) is 41.7 Å².